The molecule has 4 rings (SSSR count). The van der Waals surface area contributed by atoms with Crippen molar-refractivity contribution < 1.29 is 13.2 Å². The predicted molar refractivity (Wildman–Crippen MR) is 97.9 cm³/mol. The molecule has 28 heavy (non-hydrogen) atoms. The van der Waals surface area contributed by atoms with E-state index in [0.29, 0.717) is 18.9 Å². The molecule has 0 aliphatic carbocycles. The van der Waals surface area contributed by atoms with Gasteiger partial charge >= 0.3 is 6.18 Å². The molecule has 0 saturated carbocycles. The van der Waals surface area contributed by atoms with Crippen LogP contribution in [0.1, 0.15) is 11.5 Å². The third kappa shape index (κ3) is 3.37. The molecule has 1 aliphatic heterocycles. The van der Waals surface area contributed by atoms with Gasteiger partial charge in [-0.05, 0) is 0 Å². The third-order valence-electron chi connectivity index (χ3n) is 4.52. The summed E-state index contributed by atoms with van der Waals surface area (Å²) in [4.78, 5) is 11.3. The fourth-order valence-corrected chi connectivity index (χ4v) is 3.07. The highest BCUT2D eigenvalue weighted by molar-refractivity contribution is 5.55. The lowest BCUT2D eigenvalue weighted by Gasteiger charge is -2.29. The number of halogens is 3. The summed E-state index contributed by atoms with van der Waals surface area (Å²) in [6.07, 6.45) is -4.54. The van der Waals surface area contributed by atoms with Gasteiger partial charge < -0.3 is 14.4 Å². The summed E-state index contributed by atoms with van der Waals surface area (Å²) in [6.45, 7) is 1.27. The Balaban J connectivity index is 1.67. The van der Waals surface area contributed by atoms with Crippen LogP contribution in [0.5, 0.6) is 0 Å². The smallest absolute Gasteiger partial charge is 0.363 e. The van der Waals surface area contributed by atoms with Gasteiger partial charge in [-0.2, -0.15) is 18.2 Å². The number of anilines is 2. The number of fused-ring (bicyclic) bond motifs is 1. The highest BCUT2D eigenvalue weighted by Gasteiger charge is 2.35. The van der Waals surface area contributed by atoms with Gasteiger partial charge in [0.05, 0.1) is 6.54 Å². The molecule has 3 heterocycles. The molecule has 7 nitrogen and oxygen atoms in total. The van der Waals surface area contributed by atoms with Crippen LogP contribution in [0, 0.1) is 0 Å². The van der Waals surface area contributed by atoms with Gasteiger partial charge in [0.25, 0.3) is 0 Å². The summed E-state index contributed by atoms with van der Waals surface area (Å²) in [7, 11) is 3.29. The van der Waals surface area contributed by atoms with Crippen LogP contribution in [0.25, 0.3) is 11.4 Å². The van der Waals surface area contributed by atoms with Gasteiger partial charge in [0.1, 0.15) is 5.82 Å². The van der Waals surface area contributed by atoms with Gasteiger partial charge in [-0.25, -0.2) is 4.98 Å². The van der Waals surface area contributed by atoms with Gasteiger partial charge in [-0.3, -0.25) is 0 Å². The van der Waals surface area contributed by atoms with E-state index in [2.05, 4.69) is 20.2 Å². The van der Waals surface area contributed by atoms with Crippen LogP contribution >= 0.6 is 0 Å². The highest BCUT2D eigenvalue weighted by atomic mass is 19.4. The Morgan fingerprint density at radius 3 is 2.43 bits per heavy atom. The monoisotopic (exact) mass is 389 g/mol. The molecule has 10 heteroatoms. The minimum Gasteiger partial charge on any atom is -0.363 e. The first-order valence-corrected chi connectivity index (χ1v) is 8.69. The minimum atomic E-state index is -4.54. The van der Waals surface area contributed by atoms with E-state index in [-0.39, 0.29) is 18.3 Å². The Labute approximate surface area is 159 Å². The maximum absolute atomic E-state index is 13.3. The third-order valence-corrected chi connectivity index (χ3v) is 4.52. The molecule has 0 atom stereocenters. The first-order valence-electron chi connectivity index (χ1n) is 8.69. The molecule has 146 valence electrons. The summed E-state index contributed by atoms with van der Waals surface area (Å²) in [5, 5.41) is 8.48. The number of rotatable bonds is 3. The summed E-state index contributed by atoms with van der Waals surface area (Å²) in [5.41, 5.74) is -0.0156. The van der Waals surface area contributed by atoms with Crippen LogP contribution < -0.4 is 9.80 Å². The highest BCUT2D eigenvalue weighted by Crippen LogP contribution is 2.32. The van der Waals surface area contributed by atoms with Crippen LogP contribution in [-0.2, 0) is 19.3 Å². The van der Waals surface area contributed by atoms with Gasteiger partial charge in [0, 0.05) is 38.8 Å². The second kappa shape index (κ2) is 6.77. The van der Waals surface area contributed by atoms with Crippen LogP contribution in [0.3, 0.4) is 0 Å². The Morgan fingerprint density at radius 1 is 1.00 bits per heavy atom. The van der Waals surface area contributed by atoms with Gasteiger partial charge in [0.2, 0.25) is 5.95 Å². The molecule has 0 saturated heterocycles. The summed E-state index contributed by atoms with van der Waals surface area (Å²) in [6, 6.07) is 10.6. The SMILES string of the molecule is CN(C)c1cc(C(F)(F)F)nc(N2CCn3c(nnc3-c3ccccc3)C2)n1. The lowest BCUT2D eigenvalue weighted by molar-refractivity contribution is -0.141. The zero-order chi connectivity index (χ0) is 19.9. The van der Waals surface area contributed by atoms with E-state index in [4.69, 9.17) is 0 Å². The quantitative estimate of drug-likeness (QED) is 0.687. The zero-order valence-electron chi connectivity index (χ0n) is 15.3. The first-order chi connectivity index (χ1) is 13.3. The molecule has 1 aliphatic rings. The van der Waals surface area contributed by atoms with Crippen molar-refractivity contribution in [3.8, 4) is 11.4 Å². The topological polar surface area (TPSA) is 63.0 Å². The fraction of sp³-hybridized carbons (Fsp3) is 0.333. The van der Waals surface area contributed by atoms with Crippen molar-refractivity contribution in [3.05, 3.63) is 47.9 Å². The maximum Gasteiger partial charge on any atom is 0.433 e. The van der Waals surface area contributed by atoms with E-state index in [1.165, 1.54) is 4.90 Å². The van der Waals surface area contributed by atoms with Crippen molar-refractivity contribution in [2.45, 2.75) is 19.3 Å². The van der Waals surface area contributed by atoms with Crippen molar-refractivity contribution in [1.82, 2.24) is 24.7 Å². The average Bonchev–Trinajstić information content (AvgIpc) is 3.11. The van der Waals surface area contributed by atoms with Crippen LogP contribution in [0.4, 0.5) is 24.9 Å². The van der Waals surface area contributed by atoms with Gasteiger partial charge in [-0.15, -0.1) is 10.2 Å². The summed E-state index contributed by atoms with van der Waals surface area (Å²) < 4.78 is 41.7. The summed E-state index contributed by atoms with van der Waals surface area (Å²) >= 11 is 0. The molecule has 2 aromatic heterocycles. The minimum absolute atomic E-state index is 0.0361. The fourth-order valence-electron chi connectivity index (χ4n) is 3.07. The number of hydrogen-bond donors (Lipinski definition) is 0. The summed E-state index contributed by atoms with van der Waals surface area (Å²) in [5.74, 6) is 1.65. The van der Waals surface area contributed by atoms with Crippen LogP contribution in [-0.4, -0.2) is 45.4 Å². The Morgan fingerprint density at radius 2 is 1.75 bits per heavy atom. The Kier molecular flexibility index (Phi) is 4.40. The normalized spacial score (nSPS) is 14.1. The van der Waals surface area contributed by atoms with Crippen molar-refractivity contribution in [2.24, 2.45) is 0 Å². The van der Waals surface area contributed by atoms with E-state index in [1.54, 1.807) is 19.0 Å². The molecule has 0 fully saturated rings. The van der Waals surface area contributed by atoms with E-state index >= 15 is 0 Å². The molecule has 0 unspecified atom stereocenters. The van der Waals surface area contributed by atoms with Crippen LogP contribution in [0.2, 0.25) is 0 Å². The van der Waals surface area contributed by atoms with Crippen molar-refractivity contribution in [3.63, 3.8) is 0 Å². The maximum atomic E-state index is 13.3. The molecule has 0 amide bonds. The largest absolute Gasteiger partial charge is 0.433 e. The van der Waals surface area contributed by atoms with E-state index < -0.39 is 11.9 Å². The molecule has 1 aromatic carbocycles. The van der Waals surface area contributed by atoms with Crippen molar-refractivity contribution in [2.75, 3.05) is 30.4 Å². The number of aromatic nitrogens is 5. The van der Waals surface area contributed by atoms with Crippen LogP contribution in [0.15, 0.2) is 36.4 Å². The lowest BCUT2D eigenvalue weighted by atomic mass is 10.2. The Hall–Kier alpha value is -3.17. The molecule has 0 bridgehead atoms. The van der Waals surface area contributed by atoms with E-state index in [9.17, 15) is 13.2 Å². The second-order valence-electron chi connectivity index (χ2n) is 6.68. The number of alkyl halides is 3. The standard InChI is InChI=1S/C18H18F3N7/c1-26(2)14-10-13(18(19,20)21)22-17(23-14)27-8-9-28-15(11-27)24-25-16(28)12-6-4-3-5-7-12/h3-7,10H,8-9,11H2,1-2H3. The van der Waals surface area contributed by atoms with E-state index in [0.717, 1.165) is 17.5 Å². The van der Waals surface area contributed by atoms with Crippen molar-refractivity contribution in [1.29, 1.82) is 0 Å². The van der Waals surface area contributed by atoms with E-state index in [1.807, 2.05) is 34.9 Å². The Bertz CT molecular complexity index is 983. The number of nitrogens with zero attached hydrogens (tertiary/aromatic N) is 7. The number of hydrogen-bond acceptors (Lipinski definition) is 6. The van der Waals surface area contributed by atoms with Gasteiger partial charge in [0.15, 0.2) is 17.3 Å². The van der Waals surface area contributed by atoms with Gasteiger partial charge in [-0.1, -0.05) is 30.3 Å². The van der Waals surface area contributed by atoms with Crippen molar-refractivity contribution >= 4 is 11.8 Å². The average molecular weight is 389 g/mol. The molecular formula is C18H18F3N7. The molecule has 0 N–H and O–H groups in total. The zero-order valence-corrected chi connectivity index (χ0v) is 15.3. The first kappa shape index (κ1) is 18.2. The second-order valence-corrected chi connectivity index (χ2v) is 6.68. The molecule has 3 aromatic rings. The molecule has 0 spiro atoms. The predicted octanol–water partition coefficient (Wildman–Crippen LogP) is 2.84. The lowest BCUT2D eigenvalue weighted by Crippen LogP contribution is -2.36. The molecule has 0 radical (unpaired) electrons. The number of benzene rings is 1. The molecular weight excluding hydrogens is 371 g/mol.